The van der Waals surface area contributed by atoms with Crippen LogP contribution in [-0.4, -0.2) is 75.3 Å². The third-order valence-corrected chi connectivity index (χ3v) is 6.63. The van der Waals surface area contributed by atoms with Gasteiger partial charge in [0.2, 0.25) is 23.6 Å². The van der Waals surface area contributed by atoms with Gasteiger partial charge in [-0.05, 0) is 36.8 Å². The molecule has 4 unspecified atom stereocenters. The second-order valence-corrected chi connectivity index (χ2v) is 10.1. The van der Waals surface area contributed by atoms with Crippen LogP contribution < -0.4 is 22.1 Å². The predicted octanol–water partition coefficient (Wildman–Crippen LogP) is 0.00440. The number of nitrogens with one attached hydrogen (secondary N) is 3. The number of para-hydroxylation sites is 1. The van der Waals surface area contributed by atoms with Gasteiger partial charge in [-0.3, -0.25) is 19.2 Å². The summed E-state index contributed by atoms with van der Waals surface area (Å²) in [6, 6.07) is 2.99. The van der Waals surface area contributed by atoms with E-state index in [0.29, 0.717) is 31.4 Å². The molecule has 2 heterocycles. The molecule has 206 valence electrons. The van der Waals surface area contributed by atoms with E-state index in [0.717, 1.165) is 10.9 Å². The number of carboxylic acid groups (broad SMARTS) is 1. The number of primary amides is 1. The zero-order valence-electron chi connectivity index (χ0n) is 21.6. The van der Waals surface area contributed by atoms with Crippen molar-refractivity contribution in [2.75, 3.05) is 6.54 Å². The van der Waals surface area contributed by atoms with Gasteiger partial charge >= 0.3 is 5.97 Å². The highest BCUT2D eigenvalue weighted by Gasteiger charge is 2.38. The minimum atomic E-state index is -1.41. The van der Waals surface area contributed by atoms with Crippen LogP contribution in [0.15, 0.2) is 30.5 Å². The third kappa shape index (κ3) is 7.09. The molecule has 4 amide bonds. The molecule has 1 aliphatic rings. The Morgan fingerprint density at radius 2 is 1.84 bits per heavy atom. The summed E-state index contributed by atoms with van der Waals surface area (Å²) in [5, 5.41) is 15.5. The van der Waals surface area contributed by atoms with E-state index in [1.165, 1.54) is 4.90 Å². The van der Waals surface area contributed by atoms with Gasteiger partial charge < -0.3 is 37.1 Å². The lowest BCUT2D eigenvalue weighted by Crippen LogP contribution is -2.57. The van der Waals surface area contributed by atoms with Gasteiger partial charge in [0.05, 0.1) is 12.5 Å². The number of hydrogen-bond acceptors (Lipinski definition) is 6. The Bertz CT molecular complexity index is 1190. The Morgan fingerprint density at radius 1 is 1.13 bits per heavy atom. The Balaban J connectivity index is 1.71. The van der Waals surface area contributed by atoms with Crippen LogP contribution in [0.25, 0.3) is 10.9 Å². The van der Waals surface area contributed by atoms with Crippen molar-refractivity contribution in [3.63, 3.8) is 0 Å². The number of rotatable bonds is 12. The minimum absolute atomic E-state index is 0.0268. The molecule has 4 atom stereocenters. The number of carboxylic acids is 1. The summed E-state index contributed by atoms with van der Waals surface area (Å²) in [6.45, 7) is 4.23. The summed E-state index contributed by atoms with van der Waals surface area (Å²) in [7, 11) is 0. The molecule has 2 aromatic rings. The van der Waals surface area contributed by atoms with Crippen LogP contribution in [0.4, 0.5) is 0 Å². The zero-order valence-corrected chi connectivity index (χ0v) is 21.6. The van der Waals surface area contributed by atoms with Crippen LogP contribution >= 0.6 is 0 Å². The summed E-state index contributed by atoms with van der Waals surface area (Å²) in [4.78, 5) is 67.2. The number of aromatic nitrogens is 1. The molecule has 1 saturated heterocycles. The molecule has 0 radical (unpaired) electrons. The Hall–Kier alpha value is -3.93. The van der Waals surface area contributed by atoms with Crippen LogP contribution in [-0.2, 0) is 30.4 Å². The molecule has 1 fully saturated rings. The Labute approximate surface area is 220 Å². The molecule has 0 spiro atoms. The Kier molecular flexibility index (Phi) is 9.45. The fraction of sp³-hybridized carbons (Fsp3) is 0.500. The molecule has 0 bridgehead atoms. The summed E-state index contributed by atoms with van der Waals surface area (Å²) in [6.07, 6.45) is 2.52. The molecule has 1 aromatic heterocycles. The maximum absolute atomic E-state index is 13.1. The quantitative estimate of drug-likeness (QED) is 0.222. The number of amides is 4. The SMILES string of the molecule is CC(C)CC(N)C(=O)N1CCCC1C(=O)NC(CC(N)=O)C(=O)NC(Cc1c[nH]c2ccccc12)C(=O)O. The highest BCUT2D eigenvalue weighted by Crippen LogP contribution is 2.21. The third-order valence-electron chi connectivity index (χ3n) is 6.63. The number of hydrogen-bond donors (Lipinski definition) is 6. The lowest BCUT2D eigenvalue weighted by Gasteiger charge is -2.29. The Morgan fingerprint density at radius 3 is 2.50 bits per heavy atom. The van der Waals surface area contributed by atoms with E-state index < -0.39 is 54.3 Å². The predicted molar refractivity (Wildman–Crippen MR) is 139 cm³/mol. The standard InChI is InChI=1S/C26H36N6O6/c1-14(2)10-17(27)25(36)32-9-5-8-21(32)24(35)30-19(12-22(28)33)23(34)31-20(26(37)38)11-15-13-29-18-7-4-3-6-16(15)18/h3-4,6-7,13-14,17,19-21,29H,5,8-12,27H2,1-2H3,(H2,28,33)(H,30,35)(H,31,34)(H,37,38). The number of aliphatic carboxylic acids is 1. The van der Waals surface area contributed by atoms with Crippen molar-refractivity contribution in [1.29, 1.82) is 0 Å². The van der Waals surface area contributed by atoms with Gasteiger partial charge in [-0.15, -0.1) is 0 Å². The number of nitrogens with zero attached hydrogens (tertiary/aromatic N) is 1. The van der Waals surface area contributed by atoms with E-state index >= 15 is 0 Å². The molecule has 0 saturated carbocycles. The van der Waals surface area contributed by atoms with E-state index in [-0.39, 0.29) is 18.2 Å². The molecule has 8 N–H and O–H groups in total. The lowest BCUT2D eigenvalue weighted by molar-refractivity contribution is -0.143. The van der Waals surface area contributed by atoms with Crippen LogP contribution in [0.1, 0.15) is 45.1 Å². The number of carbonyl (C=O) groups excluding carboxylic acids is 4. The molecular weight excluding hydrogens is 492 g/mol. The average molecular weight is 529 g/mol. The first-order valence-corrected chi connectivity index (χ1v) is 12.7. The van der Waals surface area contributed by atoms with Gasteiger partial charge in [-0.25, -0.2) is 4.79 Å². The van der Waals surface area contributed by atoms with E-state index in [1.54, 1.807) is 6.20 Å². The van der Waals surface area contributed by atoms with Crippen molar-refractivity contribution in [2.45, 2.75) is 70.1 Å². The summed E-state index contributed by atoms with van der Waals surface area (Å²) in [5.74, 6) is -3.78. The molecule has 12 nitrogen and oxygen atoms in total. The minimum Gasteiger partial charge on any atom is -0.480 e. The highest BCUT2D eigenvalue weighted by atomic mass is 16.4. The summed E-state index contributed by atoms with van der Waals surface area (Å²) >= 11 is 0. The first-order chi connectivity index (χ1) is 18.0. The van der Waals surface area contributed by atoms with Gasteiger partial charge in [-0.2, -0.15) is 0 Å². The number of aromatic amines is 1. The largest absolute Gasteiger partial charge is 0.480 e. The second-order valence-electron chi connectivity index (χ2n) is 10.1. The van der Waals surface area contributed by atoms with Gasteiger partial charge in [0.15, 0.2) is 0 Å². The van der Waals surface area contributed by atoms with E-state index in [9.17, 15) is 29.1 Å². The van der Waals surface area contributed by atoms with E-state index in [4.69, 9.17) is 11.5 Å². The monoisotopic (exact) mass is 528 g/mol. The molecule has 3 rings (SSSR count). The second kappa shape index (κ2) is 12.5. The molecule has 0 aliphatic carbocycles. The van der Waals surface area contributed by atoms with Crippen molar-refractivity contribution < 1.29 is 29.1 Å². The van der Waals surface area contributed by atoms with Crippen LogP contribution in [0.3, 0.4) is 0 Å². The van der Waals surface area contributed by atoms with Gasteiger partial charge in [-0.1, -0.05) is 32.0 Å². The lowest BCUT2D eigenvalue weighted by atomic mass is 10.0. The highest BCUT2D eigenvalue weighted by molar-refractivity contribution is 5.96. The number of nitrogens with two attached hydrogens (primary N) is 2. The maximum Gasteiger partial charge on any atom is 0.326 e. The van der Waals surface area contributed by atoms with Crippen LogP contribution in [0, 0.1) is 5.92 Å². The number of benzene rings is 1. The van der Waals surface area contributed by atoms with Crippen molar-refractivity contribution in [3.8, 4) is 0 Å². The number of likely N-dealkylation sites (tertiary alicyclic amines) is 1. The van der Waals surface area contributed by atoms with Crippen molar-refractivity contribution in [2.24, 2.45) is 17.4 Å². The van der Waals surface area contributed by atoms with Crippen molar-refractivity contribution in [3.05, 3.63) is 36.0 Å². The average Bonchev–Trinajstić information content (AvgIpc) is 3.49. The molecule has 38 heavy (non-hydrogen) atoms. The van der Waals surface area contributed by atoms with Crippen molar-refractivity contribution >= 4 is 40.5 Å². The first kappa shape index (κ1) is 28.6. The molecule has 1 aliphatic heterocycles. The van der Waals surface area contributed by atoms with E-state index in [2.05, 4.69) is 15.6 Å². The topological polar surface area (TPSA) is 201 Å². The number of fused-ring (bicyclic) bond motifs is 1. The van der Waals surface area contributed by atoms with Gasteiger partial charge in [0, 0.05) is 30.1 Å². The van der Waals surface area contributed by atoms with E-state index in [1.807, 2.05) is 38.1 Å². The normalized spacial score (nSPS) is 17.7. The van der Waals surface area contributed by atoms with Gasteiger partial charge in [0.1, 0.15) is 18.1 Å². The molecule has 1 aromatic carbocycles. The number of carbonyl (C=O) groups is 5. The summed E-state index contributed by atoms with van der Waals surface area (Å²) in [5.41, 5.74) is 12.9. The summed E-state index contributed by atoms with van der Waals surface area (Å²) < 4.78 is 0. The molecular formula is C26H36N6O6. The first-order valence-electron chi connectivity index (χ1n) is 12.7. The smallest absolute Gasteiger partial charge is 0.326 e. The van der Waals surface area contributed by atoms with Crippen molar-refractivity contribution in [1.82, 2.24) is 20.5 Å². The fourth-order valence-electron chi connectivity index (χ4n) is 4.80. The number of H-pyrrole nitrogens is 1. The zero-order chi connectivity index (χ0) is 28.0. The van der Waals surface area contributed by atoms with Crippen LogP contribution in [0.2, 0.25) is 0 Å². The van der Waals surface area contributed by atoms with Crippen LogP contribution in [0.5, 0.6) is 0 Å². The molecule has 12 heteroatoms. The van der Waals surface area contributed by atoms with Gasteiger partial charge in [0.25, 0.3) is 0 Å². The maximum atomic E-state index is 13.1. The fourth-order valence-corrected chi connectivity index (χ4v) is 4.80.